The summed E-state index contributed by atoms with van der Waals surface area (Å²) in [5, 5.41) is 0. The van der Waals surface area contributed by atoms with Gasteiger partial charge in [-0.05, 0) is 24.5 Å². The minimum atomic E-state index is 0. The van der Waals surface area contributed by atoms with Crippen LogP contribution in [0.25, 0.3) is 0 Å². The Morgan fingerprint density at radius 1 is 1.30 bits per heavy atom. The summed E-state index contributed by atoms with van der Waals surface area (Å²) in [5.41, 5.74) is 1.33. The highest BCUT2D eigenvalue weighted by atomic mass is 35.5. The Morgan fingerprint density at radius 2 is 2.00 bits per heavy atom. The van der Waals surface area contributed by atoms with Crippen molar-refractivity contribution in [2.24, 2.45) is 0 Å². The van der Waals surface area contributed by atoms with Gasteiger partial charge in [0.15, 0.2) is 0 Å². The average Bonchev–Trinajstić information content (AvgIpc) is 2.96. The number of fused-ring (bicyclic) bond motifs is 1. The van der Waals surface area contributed by atoms with Crippen molar-refractivity contribution >= 4 is 18.3 Å². The van der Waals surface area contributed by atoms with Crippen LogP contribution in [0.15, 0.2) is 24.3 Å². The van der Waals surface area contributed by atoms with E-state index in [-0.39, 0.29) is 24.4 Å². The average molecular weight is 339 g/mol. The van der Waals surface area contributed by atoms with Crippen LogP contribution in [0, 0.1) is 0 Å². The first-order valence-electron chi connectivity index (χ1n) is 8.40. The first kappa shape index (κ1) is 18.1. The molecule has 0 aliphatic carbocycles. The number of para-hydroxylation sites is 1. The Balaban J connectivity index is 0.00000192. The molecule has 2 heterocycles. The molecule has 5 heteroatoms. The molecule has 2 aliphatic rings. The monoisotopic (exact) mass is 338 g/mol. The molecule has 1 unspecified atom stereocenters. The quantitative estimate of drug-likeness (QED) is 0.846. The third kappa shape index (κ3) is 4.18. The van der Waals surface area contributed by atoms with Crippen LogP contribution < -0.4 is 4.74 Å². The molecule has 0 radical (unpaired) electrons. The molecule has 1 fully saturated rings. The van der Waals surface area contributed by atoms with Gasteiger partial charge >= 0.3 is 0 Å². The first-order chi connectivity index (χ1) is 10.7. The normalized spacial score (nSPS) is 21.2. The number of nitrogens with zero attached hydrogens (tertiary/aromatic N) is 2. The maximum absolute atomic E-state index is 11.8. The number of benzene rings is 1. The van der Waals surface area contributed by atoms with E-state index >= 15 is 0 Å². The fraction of sp³-hybridized carbons (Fsp3) is 0.611. The van der Waals surface area contributed by atoms with E-state index in [1.807, 2.05) is 24.9 Å². The van der Waals surface area contributed by atoms with Crippen LogP contribution >= 0.6 is 12.4 Å². The van der Waals surface area contributed by atoms with Gasteiger partial charge in [0.1, 0.15) is 11.9 Å². The summed E-state index contributed by atoms with van der Waals surface area (Å²) in [5.74, 6) is 1.31. The van der Waals surface area contributed by atoms with E-state index in [2.05, 4.69) is 23.1 Å². The van der Waals surface area contributed by atoms with Crippen molar-refractivity contribution < 1.29 is 9.53 Å². The van der Waals surface area contributed by atoms with Gasteiger partial charge in [0.25, 0.3) is 0 Å². The lowest BCUT2D eigenvalue weighted by Gasteiger charge is -2.37. The number of ether oxygens (including phenoxy) is 1. The predicted octanol–water partition coefficient (Wildman–Crippen LogP) is 2.74. The summed E-state index contributed by atoms with van der Waals surface area (Å²) in [6.45, 7) is 5.04. The molecular formula is C18H27ClN2O2. The number of amides is 1. The van der Waals surface area contributed by atoms with Crippen LogP contribution in [0.2, 0.25) is 0 Å². The van der Waals surface area contributed by atoms with Crippen LogP contribution in [-0.4, -0.2) is 54.5 Å². The van der Waals surface area contributed by atoms with Crippen LogP contribution in [-0.2, 0) is 11.2 Å². The number of piperidine rings is 1. The second-order valence-corrected chi connectivity index (χ2v) is 6.44. The Morgan fingerprint density at radius 3 is 2.65 bits per heavy atom. The zero-order chi connectivity index (χ0) is 15.5. The summed E-state index contributed by atoms with van der Waals surface area (Å²) < 4.78 is 6.03. The van der Waals surface area contributed by atoms with E-state index in [4.69, 9.17) is 4.74 Å². The SMILES string of the molecule is CCC(=O)N(C)C1CCN(CC2Cc3ccccc3O2)CC1.Cl. The van der Waals surface area contributed by atoms with Gasteiger partial charge in [0.2, 0.25) is 5.91 Å². The minimum absolute atomic E-state index is 0. The van der Waals surface area contributed by atoms with Crippen LogP contribution in [0.5, 0.6) is 5.75 Å². The Hall–Kier alpha value is -1.26. The molecule has 0 spiro atoms. The summed E-state index contributed by atoms with van der Waals surface area (Å²) in [6, 6.07) is 8.74. The molecule has 4 nitrogen and oxygen atoms in total. The fourth-order valence-electron chi connectivity index (χ4n) is 3.59. The maximum atomic E-state index is 11.8. The van der Waals surface area contributed by atoms with Gasteiger partial charge in [-0.2, -0.15) is 0 Å². The van der Waals surface area contributed by atoms with E-state index in [1.54, 1.807) is 0 Å². The number of likely N-dealkylation sites (tertiary alicyclic amines) is 1. The Labute approximate surface area is 145 Å². The minimum Gasteiger partial charge on any atom is -0.488 e. The van der Waals surface area contributed by atoms with Crippen LogP contribution in [0.3, 0.4) is 0 Å². The largest absolute Gasteiger partial charge is 0.488 e. The van der Waals surface area contributed by atoms with E-state index in [1.165, 1.54) is 5.56 Å². The van der Waals surface area contributed by atoms with E-state index in [0.717, 1.165) is 44.6 Å². The molecule has 1 saturated heterocycles. The standard InChI is InChI=1S/C18H26N2O2.ClH/c1-3-18(21)19(2)15-8-10-20(11-9-15)13-16-12-14-6-4-5-7-17(14)22-16;/h4-7,15-16H,3,8-13H2,1-2H3;1H. The number of hydrogen-bond acceptors (Lipinski definition) is 3. The van der Waals surface area contributed by atoms with Gasteiger partial charge in [-0.3, -0.25) is 9.69 Å². The topological polar surface area (TPSA) is 32.8 Å². The fourth-order valence-corrected chi connectivity index (χ4v) is 3.59. The molecule has 0 N–H and O–H groups in total. The van der Waals surface area contributed by atoms with Crippen molar-refractivity contribution in [3.8, 4) is 5.75 Å². The first-order valence-corrected chi connectivity index (χ1v) is 8.40. The lowest BCUT2D eigenvalue weighted by Crippen LogP contribution is -2.47. The van der Waals surface area contributed by atoms with Gasteiger partial charge in [-0.25, -0.2) is 0 Å². The highest BCUT2D eigenvalue weighted by molar-refractivity contribution is 5.85. The second kappa shape index (κ2) is 8.02. The van der Waals surface area contributed by atoms with E-state index in [0.29, 0.717) is 12.5 Å². The highest BCUT2D eigenvalue weighted by Gasteiger charge is 2.28. The third-order valence-corrected chi connectivity index (χ3v) is 4.98. The summed E-state index contributed by atoms with van der Waals surface area (Å²) >= 11 is 0. The summed E-state index contributed by atoms with van der Waals surface area (Å²) in [7, 11) is 1.95. The number of carbonyl (C=O) groups is 1. The summed E-state index contributed by atoms with van der Waals surface area (Å²) in [6.07, 6.45) is 4.04. The number of rotatable bonds is 4. The van der Waals surface area contributed by atoms with Crippen LogP contribution in [0.4, 0.5) is 0 Å². The van der Waals surface area contributed by atoms with Gasteiger partial charge in [-0.1, -0.05) is 25.1 Å². The molecule has 2 aliphatic heterocycles. The zero-order valence-corrected chi connectivity index (χ0v) is 14.8. The van der Waals surface area contributed by atoms with Crippen molar-refractivity contribution in [3.05, 3.63) is 29.8 Å². The molecule has 1 aromatic rings. The molecule has 0 bridgehead atoms. The molecule has 23 heavy (non-hydrogen) atoms. The van der Waals surface area contributed by atoms with Gasteiger partial charge in [0, 0.05) is 45.6 Å². The number of hydrogen-bond donors (Lipinski definition) is 0. The van der Waals surface area contributed by atoms with E-state index in [9.17, 15) is 4.79 Å². The van der Waals surface area contributed by atoms with Crippen molar-refractivity contribution in [1.29, 1.82) is 0 Å². The third-order valence-electron chi connectivity index (χ3n) is 4.98. The van der Waals surface area contributed by atoms with Gasteiger partial charge < -0.3 is 9.64 Å². The molecule has 128 valence electrons. The Kier molecular flexibility index (Phi) is 6.31. The smallest absolute Gasteiger partial charge is 0.222 e. The molecule has 0 aromatic heterocycles. The Bertz CT molecular complexity index is 505. The van der Waals surface area contributed by atoms with Crippen molar-refractivity contribution in [3.63, 3.8) is 0 Å². The summed E-state index contributed by atoms with van der Waals surface area (Å²) in [4.78, 5) is 16.2. The van der Waals surface area contributed by atoms with Crippen molar-refractivity contribution in [2.75, 3.05) is 26.7 Å². The van der Waals surface area contributed by atoms with Gasteiger partial charge in [-0.15, -0.1) is 12.4 Å². The molecule has 1 atom stereocenters. The lowest BCUT2D eigenvalue weighted by atomic mass is 10.0. The molecule has 1 aromatic carbocycles. The second-order valence-electron chi connectivity index (χ2n) is 6.44. The predicted molar refractivity (Wildman–Crippen MR) is 94.3 cm³/mol. The van der Waals surface area contributed by atoms with Crippen molar-refractivity contribution in [1.82, 2.24) is 9.80 Å². The molecule has 1 amide bonds. The van der Waals surface area contributed by atoms with Gasteiger partial charge in [0.05, 0.1) is 0 Å². The zero-order valence-electron chi connectivity index (χ0n) is 14.0. The lowest BCUT2D eigenvalue weighted by molar-refractivity contribution is -0.132. The molecular weight excluding hydrogens is 312 g/mol. The number of carbonyl (C=O) groups excluding carboxylic acids is 1. The highest BCUT2D eigenvalue weighted by Crippen LogP contribution is 2.29. The van der Waals surface area contributed by atoms with Crippen LogP contribution in [0.1, 0.15) is 31.7 Å². The van der Waals surface area contributed by atoms with Crippen molar-refractivity contribution in [2.45, 2.75) is 44.8 Å². The molecule has 0 saturated carbocycles. The molecule has 3 rings (SSSR count). The number of halogens is 1. The van der Waals surface area contributed by atoms with E-state index < -0.39 is 0 Å². The maximum Gasteiger partial charge on any atom is 0.222 e.